The van der Waals surface area contributed by atoms with E-state index < -0.39 is 36.8 Å². The van der Waals surface area contributed by atoms with Gasteiger partial charge in [-0.2, -0.15) is 0 Å². The number of para-hydroxylation sites is 1. The fraction of sp³-hybridized carbons (Fsp3) is 0. The van der Waals surface area contributed by atoms with E-state index in [9.17, 15) is 40.5 Å². The quantitative estimate of drug-likeness (QED) is 0.534. The first kappa shape index (κ1) is 20.7. The van der Waals surface area contributed by atoms with Crippen molar-refractivity contribution in [1.29, 1.82) is 0 Å². The Kier molecular flexibility index (Phi) is 6.87. The third kappa shape index (κ3) is 5.06. The molecule has 2 rings (SSSR count). The van der Waals surface area contributed by atoms with Crippen LogP contribution in [0.3, 0.4) is 0 Å². The molecule has 0 aliphatic heterocycles. The summed E-state index contributed by atoms with van der Waals surface area (Å²) in [4.78, 5) is 38.0. The first-order chi connectivity index (χ1) is 12.1. The van der Waals surface area contributed by atoms with Crippen molar-refractivity contribution in [3.05, 3.63) is 86.9 Å². The monoisotopic (exact) mass is 404 g/mol. The molecule has 0 bridgehead atoms. The molecule has 12 nitrogen and oxygen atoms in total. The molecule has 0 saturated carbocycles. The summed E-state index contributed by atoms with van der Waals surface area (Å²) in [6, 6.07) is 6.60. The highest BCUT2D eigenvalue weighted by atomic mass is 35.5. The fourth-order valence-corrected chi connectivity index (χ4v) is 2.01. The van der Waals surface area contributed by atoms with E-state index in [2.05, 4.69) is 0 Å². The van der Waals surface area contributed by atoms with Gasteiger partial charge in [-0.3, -0.25) is 40.5 Å². The van der Waals surface area contributed by atoms with E-state index in [-0.39, 0.29) is 15.7 Å². The summed E-state index contributed by atoms with van der Waals surface area (Å²) in [6.07, 6.45) is 0. The van der Waals surface area contributed by atoms with E-state index in [1.165, 1.54) is 12.1 Å². The third-order valence-electron chi connectivity index (χ3n) is 2.68. The minimum atomic E-state index is -0.875. The summed E-state index contributed by atoms with van der Waals surface area (Å²) in [7, 11) is 0. The van der Waals surface area contributed by atoms with E-state index in [4.69, 9.17) is 23.2 Å². The first-order valence-corrected chi connectivity index (χ1v) is 6.97. The van der Waals surface area contributed by atoms with Gasteiger partial charge >= 0.3 is 11.4 Å². The van der Waals surface area contributed by atoms with Gasteiger partial charge in [-0.05, 0) is 12.1 Å². The number of nitro benzene ring substituents is 4. The number of non-ortho nitro benzene ring substituents is 1. The molecule has 0 N–H and O–H groups in total. The largest absolute Gasteiger partial charge is 0.364 e. The van der Waals surface area contributed by atoms with Crippen LogP contribution in [0.25, 0.3) is 0 Å². The third-order valence-corrected chi connectivity index (χ3v) is 3.31. The maximum Gasteiger partial charge on any atom is 0.364 e. The van der Waals surface area contributed by atoms with Crippen LogP contribution in [0.1, 0.15) is 0 Å². The molecule has 14 heteroatoms. The molecule has 0 heterocycles. The van der Waals surface area contributed by atoms with Crippen molar-refractivity contribution in [3.8, 4) is 0 Å². The average Bonchev–Trinajstić information content (AvgIpc) is 2.54. The minimum absolute atomic E-state index is 0.115. The lowest BCUT2D eigenvalue weighted by Gasteiger charge is -1.95. The van der Waals surface area contributed by atoms with E-state index in [1.807, 2.05) is 0 Å². The number of nitrogens with zero attached hydrogens (tertiary/aromatic N) is 4. The summed E-state index contributed by atoms with van der Waals surface area (Å²) in [6.45, 7) is 0. The predicted molar refractivity (Wildman–Crippen MR) is 89.5 cm³/mol. The molecule has 0 aliphatic carbocycles. The Morgan fingerprint density at radius 2 is 1.23 bits per heavy atom. The van der Waals surface area contributed by atoms with Crippen LogP contribution in [-0.2, 0) is 0 Å². The van der Waals surface area contributed by atoms with Gasteiger partial charge in [-0.15, -0.1) is 0 Å². The molecule has 0 amide bonds. The molecule has 0 fully saturated rings. The Labute approximate surface area is 153 Å². The van der Waals surface area contributed by atoms with Gasteiger partial charge in [0.05, 0.1) is 25.8 Å². The van der Waals surface area contributed by atoms with Crippen molar-refractivity contribution in [2.45, 2.75) is 0 Å². The van der Waals surface area contributed by atoms with Crippen LogP contribution in [0, 0.1) is 40.5 Å². The predicted octanol–water partition coefficient (Wildman–Crippen LogP) is 4.31. The molecule has 136 valence electrons. The average molecular weight is 405 g/mol. The van der Waals surface area contributed by atoms with E-state index >= 15 is 0 Å². The van der Waals surface area contributed by atoms with Crippen LogP contribution in [0.5, 0.6) is 0 Å². The van der Waals surface area contributed by atoms with Gasteiger partial charge in [0.15, 0.2) is 0 Å². The minimum Gasteiger partial charge on any atom is -0.258 e. The number of hydrogen-bond acceptors (Lipinski definition) is 8. The lowest BCUT2D eigenvalue weighted by Crippen LogP contribution is -1.96. The van der Waals surface area contributed by atoms with Gasteiger partial charge in [-0.1, -0.05) is 29.3 Å². The molecule has 26 heavy (non-hydrogen) atoms. The zero-order chi connectivity index (χ0) is 20.0. The highest BCUT2D eigenvalue weighted by Gasteiger charge is 2.26. The van der Waals surface area contributed by atoms with Crippen LogP contribution in [0.15, 0.2) is 36.4 Å². The Morgan fingerprint density at radius 3 is 1.65 bits per heavy atom. The lowest BCUT2D eigenvalue weighted by molar-refractivity contribution is -0.422. The molecular weight excluding hydrogens is 399 g/mol. The lowest BCUT2D eigenvalue weighted by atomic mass is 10.3. The van der Waals surface area contributed by atoms with Crippen LogP contribution in [0.2, 0.25) is 10.0 Å². The van der Waals surface area contributed by atoms with Crippen molar-refractivity contribution in [2.75, 3.05) is 0 Å². The molecule has 0 saturated heterocycles. The number of benzene rings is 2. The molecule has 2 aromatic carbocycles. The van der Waals surface area contributed by atoms with Crippen LogP contribution in [-0.4, -0.2) is 19.7 Å². The molecule has 0 aromatic heterocycles. The van der Waals surface area contributed by atoms with Crippen molar-refractivity contribution in [1.82, 2.24) is 0 Å². The van der Waals surface area contributed by atoms with Gasteiger partial charge in [0, 0.05) is 12.1 Å². The Hall–Kier alpha value is -3.38. The van der Waals surface area contributed by atoms with Gasteiger partial charge < -0.3 is 0 Å². The highest BCUT2D eigenvalue weighted by Crippen LogP contribution is 2.33. The summed E-state index contributed by atoms with van der Waals surface area (Å²) in [5.41, 5.74) is -2.08. The first-order valence-electron chi connectivity index (χ1n) is 6.22. The smallest absolute Gasteiger partial charge is 0.258 e. The molecule has 0 aliphatic rings. The zero-order valence-corrected chi connectivity index (χ0v) is 13.8. The van der Waals surface area contributed by atoms with E-state index in [1.54, 1.807) is 0 Å². The normalized spacial score (nSPS) is 9.62. The van der Waals surface area contributed by atoms with Crippen LogP contribution >= 0.6 is 23.2 Å². The second kappa shape index (κ2) is 8.64. The number of halogens is 2. The summed E-state index contributed by atoms with van der Waals surface area (Å²) in [5.74, 6) is 0. The maximum atomic E-state index is 10.4. The molecule has 2 aromatic rings. The van der Waals surface area contributed by atoms with Gasteiger partial charge in [0.1, 0.15) is 10.0 Å². The zero-order valence-electron chi connectivity index (χ0n) is 12.3. The number of hydrogen-bond donors (Lipinski definition) is 0. The molecular formula is C12H6Cl2N4O8. The van der Waals surface area contributed by atoms with Crippen molar-refractivity contribution in [3.63, 3.8) is 0 Å². The maximum absolute atomic E-state index is 10.4. The van der Waals surface area contributed by atoms with Crippen LogP contribution < -0.4 is 0 Å². The SMILES string of the molecule is O=[N+]([O-])c1ccc(Cl)c([N+](=O)[O-])c1.O=[N+]([O-])c1cccc(Cl)c1[N+](=O)[O-]. The van der Waals surface area contributed by atoms with E-state index in [0.29, 0.717) is 0 Å². The second-order valence-corrected chi connectivity index (χ2v) is 5.09. The molecule has 0 radical (unpaired) electrons. The highest BCUT2D eigenvalue weighted by molar-refractivity contribution is 6.33. The standard InChI is InChI=1S/2C6H3ClN2O4/c7-5-2-1-4(8(10)11)3-6(5)9(12)13;7-4-2-1-3-5(8(10)11)6(4)9(12)13/h2*1-3H. The second-order valence-electron chi connectivity index (χ2n) is 4.27. The van der Waals surface area contributed by atoms with Gasteiger partial charge in [0.25, 0.3) is 11.4 Å². The van der Waals surface area contributed by atoms with Crippen LogP contribution in [0.4, 0.5) is 22.7 Å². The van der Waals surface area contributed by atoms with E-state index in [0.717, 1.165) is 24.3 Å². The Bertz CT molecular complexity index is 905. The Morgan fingerprint density at radius 1 is 0.654 bits per heavy atom. The number of nitro groups is 4. The van der Waals surface area contributed by atoms with Crippen molar-refractivity contribution >= 4 is 46.0 Å². The molecule has 0 unspecified atom stereocenters. The number of rotatable bonds is 4. The Balaban J connectivity index is 0.000000260. The molecule has 0 atom stereocenters. The van der Waals surface area contributed by atoms with Gasteiger partial charge in [-0.25, -0.2) is 0 Å². The van der Waals surface area contributed by atoms with Crippen molar-refractivity contribution < 1.29 is 19.7 Å². The van der Waals surface area contributed by atoms with Crippen molar-refractivity contribution in [2.24, 2.45) is 0 Å². The summed E-state index contributed by atoms with van der Waals surface area (Å²) >= 11 is 10.9. The summed E-state index contributed by atoms with van der Waals surface area (Å²) in [5, 5.41) is 40.9. The molecule has 0 spiro atoms. The summed E-state index contributed by atoms with van der Waals surface area (Å²) < 4.78 is 0. The fourth-order valence-electron chi connectivity index (χ4n) is 1.59. The topological polar surface area (TPSA) is 173 Å². The van der Waals surface area contributed by atoms with Gasteiger partial charge in [0.2, 0.25) is 0 Å².